The number of rotatable bonds is 6. The SMILES string of the molecule is CCC(CCC(C)=N)CC(C)C. The van der Waals surface area contributed by atoms with Crippen molar-refractivity contribution in [3.8, 4) is 0 Å². The molecule has 0 radical (unpaired) electrons. The topological polar surface area (TPSA) is 23.9 Å². The van der Waals surface area contributed by atoms with E-state index in [9.17, 15) is 0 Å². The molecule has 72 valence electrons. The Labute approximate surface area is 77.1 Å². The molecule has 0 rings (SSSR count). The Morgan fingerprint density at radius 2 is 1.92 bits per heavy atom. The third-order valence-electron chi connectivity index (χ3n) is 2.31. The fourth-order valence-electron chi connectivity index (χ4n) is 1.58. The van der Waals surface area contributed by atoms with Crippen molar-refractivity contribution in [3.05, 3.63) is 0 Å². The number of nitrogens with one attached hydrogen (secondary N) is 1. The Morgan fingerprint density at radius 1 is 1.33 bits per heavy atom. The van der Waals surface area contributed by atoms with Crippen molar-refractivity contribution in [2.75, 3.05) is 0 Å². The van der Waals surface area contributed by atoms with E-state index in [1.165, 1.54) is 19.3 Å². The fourth-order valence-corrected chi connectivity index (χ4v) is 1.58. The van der Waals surface area contributed by atoms with Gasteiger partial charge in [-0.2, -0.15) is 0 Å². The first-order valence-electron chi connectivity index (χ1n) is 5.10. The average Bonchev–Trinajstić information content (AvgIpc) is 1.97. The van der Waals surface area contributed by atoms with E-state index < -0.39 is 0 Å². The minimum absolute atomic E-state index is 0.806. The molecule has 0 heterocycles. The molecule has 0 aliphatic carbocycles. The van der Waals surface area contributed by atoms with Crippen molar-refractivity contribution in [1.82, 2.24) is 0 Å². The van der Waals surface area contributed by atoms with Gasteiger partial charge in [-0.05, 0) is 38.0 Å². The van der Waals surface area contributed by atoms with E-state index >= 15 is 0 Å². The molecular weight excluding hydrogens is 146 g/mol. The Hall–Kier alpha value is -0.330. The zero-order valence-electron chi connectivity index (χ0n) is 8.98. The van der Waals surface area contributed by atoms with Crippen LogP contribution in [0, 0.1) is 17.2 Å². The van der Waals surface area contributed by atoms with Crippen LogP contribution in [0.3, 0.4) is 0 Å². The zero-order valence-corrected chi connectivity index (χ0v) is 8.98. The van der Waals surface area contributed by atoms with Gasteiger partial charge in [-0.3, -0.25) is 0 Å². The van der Waals surface area contributed by atoms with Crippen molar-refractivity contribution in [2.45, 2.75) is 53.4 Å². The molecule has 0 bridgehead atoms. The molecule has 0 spiro atoms. The molecular formula is C11H23N. The van der Waals surface area contributed by atoms with Gasteiger partial charge in [0.1, 0.15) is 0 Å². The molecule has 0 aliphatic heterocycles. The van der Waals surface area contributed by atoms with Crippen LogP contribution in [-0.4, -0.2) is 5.71 Å². The van der Waals surface area contributed by atoms with Crippen molar-refractivity contribution < 1.29 is 0 Å². The largest absolute Gasteiger partial charge is 0.310 e. The van der Waals surface area contributed by atoms with Gasteiger partial charge in [0.2, 0.25) is 0 Å². The maximum atomic E-state index is 7.35. The first-order valence-corrected chi connectivity index (χ1v) is 5.10. The molecule has 1 heteroatoms. The summed E-state index contributed by atoms with van der Waals surface area (Å²) in [6, 6.07) is 0. The van der Waals surface area contributed by atoms with Crippen LogP contribution < -0.4 is 0 Å². The van der Waals surface area contributed by atoms with Crippen LogP contribution in [0.2, 0.25) is 0 Å². The van der Waals surface area contributed by atoms with E-state index in [1.54, 1.807) is 0 Å². The molecule has 0 aliphatic rings. The lowest BCUT2D eigenvalue weighted by Gasteiger charge is -2.16. The quantitative estimate of drug-likeness (QED) is 0.583. The third kappa shape index (κ3) is 6.38. The van der Waals surface area contributed by atoms with Crippen LogP contribution in [0.15, 0.2) is 0 Å². The Balaban J connectivity index is 3.60. The molecule has 1 unspecified atom stereocenters. The van der Waals surface area contributed by atoms with Crippen molar-refractivity contribution >= 4 is 5.71 Å². The van der Waals surface area contributed by atoms with Crippen LogP contribution in [0.5, 0.6) is 0 Å². The standard InChI is InChI=1S/C11H23N/c1-5-11(8-9(2)3)7-6-10(4)12/h9,11-12H,5-8H2,1-4H3. The van der Waals surface area contributed by atoms with Crippen molar-refractivity contribution in [3.63, 3.8) is 0 Å². The van der Waals surface area contributed by atoms with E-state index in [-0.39, 0.29) is 0 Å². The van der Waals surface area contributed by atoms with E-state index in [0.717, 1.165) is 24.0 Å². The maximum absolute atomic E-state index is 7.35. The second-order valence-electron chi connectivity index (χ2n) is 4.22. The molecule has 1 N–H and O–H groups in total. The fraction of sp³-hybridized carbons (Fsp3) is 0.909. The summed E-state index contributed by atoms with van der Waals surface area (Å²) in [5.41, 5.74) is 0.831. The van der Waals surface area contributed by atoms with Gasteiger partial charge in [-0.1, -0.05) is 27.2 Å². The molecule has 0 saturated carbocycles. The maximum Gasteiger partial charge on any atom is 0.00583 e. The summed E-state index contributed by atoms with van der Waals surface area (Å²) < 4.78 is 0. The van der Waals surface area contributed by atoms with E-state index in [4.69, 9.17) is 5.41 Å². The van der Waals surface area contributed by atoms with Crippen LogP contribution in [-0.2, 0) is 0 Å². The summed E-state index contributed by atoms with van der Waals surface area (Å²) in [5, 5.41) is 7.35. The summed E-state index contributed by atoms with van der Waals surface area (Å²) in [4.78, 5) is 0. The normalized spacial score (nSPS) is 13.4. The van der Waals surface area contributed by atoms with Crippen LogP contribution >= 0.6 is 0 Å². The van der Waals surface area contributed by atoms with Crippen molar-refractivity contribution in [2.24, 2.45) is 11.8 Å². The van der Waals surface area contributed by atoms with Crippen LogP contribution in [0.25, 0.3) is 0 Å². The molecule has 1 nitrogen and oxygen atoms in total. The summed E-state index contributed by atoms with van der Waals surface area (Å²) >= 11 is 0. The molecule has 0 aromatic heterocycles. The number of hydrogen-bond acceptors (Lipinski definition) is 1. The highest BCUT2D eigenvalue weighted by molar-refractivity contribution is 5.78. The van der Waals surface area contributed by atoms with Gasteiger partial charge < -0.3 is 5.41 Å². The molecule has 0 aromatic carbocycles. The smallest absolute Gasteiger partial charge is 0.00583 e. The highest BCUT2D eigenvalue weighted by atomic mass is 14.4. The van der Waals surface area contributed by atoms with E-state index in [0.29, 0.717) is 0 Å². The first-order chi connectivity index (χ1) is 5.56. The third-order valence-corrected chi connectivity index (χ3v) is 2.31. The first kappa shape index (κ1) is 11.7. The molecule has 0 amide bonds. The molecule has 12 heavy (non-hydrogen) atoms. The zero-order chi connectivity index (χ0) is 9.56. The molecule has 1 atom stereocenters. The number of hydrogen-bond donors (Lipinski definition) is 1. The van der Waals surface area contributed by atoms with Gasteiger partial charge in [0.05, 0.1) is 0 Å². The predicted octanol–water partition coefficient (Wildman–Crippen LogP) is 3.88. The lowest BCUT2D eigenvalue weighted by atomic mass is 9.90. The Morgan fingerprint density at radius 3 is 2.25 bits per heavy atom. The lowest BCUT2D eigenvalue weighted by molar-refractivity contribution is 0.381. The van der Waals surface area contributed by atoms with Gasteiger partial charge >= 0.3 is 0 Å². The predicted molar refractivity (Wildman–Crippen MR) is 55.9 cm³/mol. The Bertz CT molecular complexity index is 127. The minimum Gasteiger partial charge on any atom is -0.310 e. The van der Waals surface area contributed by atoms with Crippen LogP contribution in [0.1, 0.15) is 53.4 Å². The van der Waals surface area contributed by atoms with E-state index in [2.05, 4.69) is 20.8 Å². The summed E-state index contributed by atoms with van der Waals surface area (Å²) in [6.45, 7) is 8.72. The molecule has 0 aromatic rings. The second kappa shape index (κ2) is 6.22. The van der Waals surface area contributed by atoms with E-state index in [1.807, 2.05) is 6.92 Å². The van der Waals surface area contributed by atoms with Gasteiger partial charge in [0.15, 0.2) is 0 Å². The molecule has 0 fully saturated rings. The van der Waals surface area contributed by atoms with Crippen LogP contribution in [0.4, 0.5) is 0 Å². The van der Waals surface area contributed by atoms with Gasteiger partial charge in [-0.25, -0.2) is 0 Å². The Kier molecular flexibility index (Phi) is 6.04. The second-order valence-corrected chi connectivity index (χ2v) is 4.22. The lowest BCUT2D eigenvalue weighted by Crippen LogP contribution is -2.05. The van der Waals surface area contributed by atoms with Gasteiger partial charge in [0, 0.05) is 5.71 Å². The average molecular weight is 169 g/mol. The minimum atomic E-state index is 0.806. The highest BCUT2D eigenvalue weighted by Crippen LogP contribution is 2.20. The van der Waals surface area contributed by atoms with Gasteiger partial charge in [0.25, 0.3) is 0 Å². The summed E-state index contributed by atoms with van der Waals surface area (Å²) in [6.07, 6.45) is 4.80. The summed E-state index contributed by atoms with van der Waals surface area (Å²) in [7, 11) is 0. The summed E-state index contributed by atoms with van der Waals surface area (Å²) in [5.74, 6) is 1.64. The van der Waals surface area contributed by atoms with Gasteiger partial charge in [-0.15, -0.1) is 0 Å². The highest BCUT2D eigenvalue weighted by Gasteiger charge is 2.08. The van der Waals surface area contributed by atoms with Crippen molar-refractivity contribution in [1.29, 1.82) is 5.41 Å². The molecule has 0 saturated heterocycles. The monoisotopic (exact) mass is 169 g/mol.